The summed E-state index contributed by atoms with van der Waals surface area (Å²) >= 11 is 0. The molecule has 3 heteroatoms. The minimum Gasteiger partial charge on any atom is -0.352 e. The molecule has 0 unspecified atom stereocenters. The summed E-state index contributed by atoms with van der Waals surface area (Å²) in [6.45, 7) is 4.35. The van der Waals surface area contributed by atoms with Crippen LogP contribution >= 0.6 is 0 Å². The van der Waals surface area contributed by atoms with Crippen LogP contribution in [0, 0.1) is 0 Å². The highest BCUT2D eigenvalue weighted by Crippen LogP contribution is 1.96. The van der Waals surface area contributed by atoms with E-state index in [0.29, 0.717) is 0 Å². The quantitative estimate of drug-likeness (QED) is 0.409. The lowest BCUT2D eigenvalue weighted by molar-refractivity contribution is 0.350. The fourth-order valence-corrected chi connectivity index (χ4v) is 1.07. The normalized spacial score (nSPS) is 25.9. The lowest BCUT2D eigenvalue weighted by Crippen LogP contribution is -2.26. The largest absolute Gasteiger partial charge is 0.352 e. The van der Waals surface area contributed by atoms with E-state index in [4.69, 9.17) is 7.98 Å². The molecule has 0 bridgehead atoms. The average Bonchev–Trinajstić information content (AvgIpc) is 1.97. The van der Waals surface area contributed by atoms with Gasteiger partial charge in [0.25, 0.3) is 0 Å². The summed E-state index contributed by atoms with van der Waals surface area (Å²) in [7, 11) is 7.74. The predicted octanol–water partition coefficient (Wildman–Crippen LogP) is -0.293. The molecule has 1 fully saturated rings. The molecule has 0 saturated carbocycles. The summed E-state index contributed by atoms with van der Waals surface area (Å²) in [5, 5.41) is 0. The van der Waals surface area contributed by atoms with Gasteiger partial charge < -0.3 is 9.71 Å². The van der Waals surface area contributed by atoms with Crippen molar-refractivity contribution in [3.63, 3.8) is 0 Å². The second kappa shape index (κ2) is 3.23. The number of rotatable bonds is 0. The average molecular weight is 124 g/mol. The van der Waals surface area contributed by atoms with Crippen molar-refractivity contribution in [2.75, 3.05) is 33.2 Å². The zero-order valence-electron chi connectivity index (χ0n) is 6.01. The van der Waals surface area contributed by atoms with E-state index in [1.807, 2.05) is 4.81 Å². The molecule has 1 rings (SSSR count). The van der Waals surface area contributed by atoms with Crippen molar-refractivity contribution in [1.82, 2.24) is 9.71 Å². The first-order valence-electron chi connectivity index (χ1n) is 3.47. The Balaban J connectivity index is 2.25. The van der Waals surface area contributed by atoms with Crippen LogP contribution in [0.3, 0.4) is 0 Å². The van der Waals surface area contributed by atoms with Crippen molar-refractivity contribution >= 4 is 7.98 Å². The second-order valence-electron chi connectivity index (χ2n) is 2.69. The zero-order valence-corrected chi connectivity index (χ0v) is 6.01. The first-order valence-corrected chi connectivity index (χ1v) is 3.47. The van der Waals surface area contributed by atoms with E-state index in [0.717, 1.165) is 19.6 Å². The topological polar surface area (TPSA) is 6.48 Å². The molecule has 1 aliphatic rings. The molecule has 0 aromatic carbocycles. The van der Waals surface area contributed by atoms with E-state index in [1.54, 1.807) is 0 Å². The molecule has 0 aromatic rings. The minimum absolute atomic E-state index is 1.01. The molecule has 0 N–H and O–H groups in total. The molecule has 0 amide bonds. The molecule has 0 atom stereocenters. The Kier molecular flexibility index (Phi) is 2.55. The highest BCUT2D eigenvalue weighted by Gasteiger charge is 2.06. The van der Waals surface area contributed by atoms with Crippen LogP contribution in [0.25, 0.3) is 0 Å². The molecule has 0 aromatic heterocycles. The Morgan fingerprint density at radius 3 is 2.67 bits per heavy atom. The smallest absolute Gasteiger partial charge is 0.182 e. The molecule has 0 aliphatic carbocycles. The van der Waals surface area contributed by atoms with Crippen molar-refractivity contribution < 1.29 is 0 Å². The Labute approximate surface area is 58.3 Å². The highest BCUT2D eigenvalue weighted by atomic mass is 15.2. The summed E-state index contributed by atoms with van der Waals surface area (Å²) in [6, 6.07) is 0. The fraction of sp³-hybridized carbons (Fsp3) is 1.00. The van der Waals surface area contributed by atoms with E-state index in [1.165, 1.54) is 13.0 Å². The van der Waals surface area contributed by atoms with E-state index in [2.05, 4.69) is 11.9 Å². The third kappa shape index (κ3) is 2.37. The van der Waals surface area contributed by atoms with Crippen LogP contribution in [0.15, 0.2) is 0 Å². The third-order valence-corrected chi connectivity index (χ3v) is 1.75. The van der Waals surface area contributed by atoms with Gasteiger partial charge in [-0.15, -0.1) is 0 Å². The maximum Gasteiger partial charge on any atom is 0.182 e. The maximum atomic E-state index is 5.60. The Morgan fingerprint density at radius 1 is 1.11 bits per heavy atom. The molecule has 2 nitrogen and oxygen atoms in total. The lowest BCUT2D eigenvalue weighted by Gasteiger charge is -2.13. The van der Waals surface area contributed by atoms with Crippen LogP contribution in [0.1, 0.15) is 6.42 Å². The van der Waals surface area contributed by atoms with Gasteiger partial charge >= 0.3 is 0 Å². The minimum atomic E-state index is 1.01. The van der Waals surface area contributed by atoms with Crippen molar-refractivity contribution in [1.29, 1.82) is 0 Å². The predicted molar refractivity (Wildman–Crippen MR) is 39.4 cm³/mol. The van der Waals surface area contributed by atoms with E-state index < -0.39 is 0 Å². The van der Waals surface area contributed by atoms with Crippen LogP contribution in [-0.2, 0) is 0 Å². The molecule has 2 radical (unpaired) electrons. The molecule has 1 aliphatic heterocycles. The molecule has 9 heavy (non-hydrogen) atoms. The van der Waals surface area contributed by atoms with Gasteiger partial charge in [-0.05, 0) is 33.1 Å². The van der Waals surface area contributed by atoms with Gasteiger partial charge in [0.05, 0.1) is 0 Å². The van der Waals surface area contributed by atoms with Crippen molar-refractivity contribution in [3.05, 3.63) is 0 Å². The van der Waals surface area contributed by atoms with Gasteiger partial charge in [0.15, 0.2) is 7.98 Å². The SMILES string of the molecule is [B]N1CCCN(C)CC1. The fourth-order valence-electron chi connectivity index (χ4n) is 1.07. The van der Waals surface area contributed by atoms with Gasteiger partial charge in [0, 0.05) is 6.54 Å². The Morgan fingerprint density at radius 2 is 1.89 bits per heavy atom. The van der Waals surface area contributed by atoms with E-state index in [9.17, 15) is 0 Å². The van der Waals surface area contributed by atoms with E-state index in [-0.39, 0.29) is 0 Å². The maximum absolute atomic E-state index is 5.60. The molecular weight excluding hydrogens is 111 g/mol. The van der Waals surface area contributed by atoms with Crippen LogP contribution in [0.5, 0.6) is 0 Å². The van der Waals surface area contributed by atoms with Gasteiger partial charge in [-0.1, -0.05) is 0 Å². The number of likely N-dealkylation sites (N-methyl/N-ethyl adjacent to an activating group) is 1. The summed E-state index contributed by atoms with van der Waals surface area (Å²) < 4.78 is 0. The van der Waals surface area contributed by atoms with Crippen molar-refractivity contribution in [2.24, 2.45) is 0 Å². The Hall–Kier alpha value is -0.0151. The summed E-state index contributed by atoms with van der Waals surface area (Å²) in [4.78, 5) is 4.20. The van der Waals surface area contributed by atoms with Gasteiger partial charge in [0.2, 0.25) is 0 Å². The first-order chi connectivity index (χ1) is 4.29. The van der Waals surface area contributed by atoms with Gasteiger partial charge in [0.1, 0.15) is 0 Å². The van der Waals surface area contributed by atoms with Crippen LogP contribution < -0.4 is 0 Å². The standard InChI is InChI=1S/C6H13BN2/c1-8-3-2-4-9(7)6-5-8/h2-6H2,1H3. The molecule has 1 saturated heterocycles. The molecule has 0 spiro atoms. The van der Waals surface area contributed by atoms with Gasteiger partial charge in [-0.2, -0.15) is 0 Å². The van der Waals surface area contributed by atoms with Gasteiger partial charge in [-0.3, -0.25) is 0 Å². The number of nitrogens with zero attached hydrogens (tertiary/aromatic N) is 2. The third-order valence-electron chi connectivity index (χ3n) is 1.75. The molecular formula is C6H13BN2. The van der Waals surface area contributed by atoms with E-state index >= 15 is 0 Å². The highest BCUT2D eigenvalue weighted by molar-refractivity contribution is 6.04. The van der Waals surface area contributed by atoms with Crippen LogP contribution in [0.4, 0.5) is 0 Å². The lowest BCUT2D eigenvalue weighted by atomic mass is 10.3. The summed E-state index contributed by atoms with van der Waals surface area (Å²) in [5.41, 5.74) is 0. The van der Waals surface area contributed by atoms with Crippen molar-refractivity contribution in [2.45, 2.75) is 6.42 Å². The number of hydrogen-bond acceptors (Lipinski definition) is 2. The van der Waals surface area contributed by atoms with Gasteiger partial charge in [-0.25, -0.2) is 0 Å². The molecule has 50 valence electrons. The number of hydrogen-bond donors (Lipinski definition) is 0. The van der Waals surface area contributed by atoms with Crippen LogP contribution in [0.2, 0.25) is 0 Å². The van der Waals surface area contributed by atoms with Crippen LogP contribution in [-0.4, -0.2) is 50.9 Å². The summed E-state index contributed by atoms with van der Waals surface area (Å²) in [5.74, 6) is 0. The monoisotopic (exact) mass is 124 g/mol. The molecule has 1 heterocycles. The first kappa shape index (κ1) is 7.10. The summed E-state index contributed by atoms with van der Waals surface area (Å²) in [6.07, 6.45) is 1.20. The Bertz CT molecular complexity index is 77.1. The van der Waals surface area contributed by atoms with Crippen molar-refractivity contribution in [3.8, 4) is 0 Å². The second-order valence-corrected chi connectivity index (χ2v) is 2.69. The zero-order chi connectivity index (χ0) is 6.69.